The molecule has 8 N–H and O–H groups in total. The first-order valence-corrected chi connectivity index (χ1v) is 17.3. The molecule has 17 nitrogen and oxygen atoms in total. The smallest absolute Gasteiger partial charge is 0.407 e. The number of rotatable bonds is 16. The molecule has 1 aliphatic heterocycles. The number of halogens is 1. The summed E-state index contributed by atoms with van der Waals surface area (Å²) in [4.78, 5) is 36.6. The molecule has 0 saturated carbocycles. The van der Waals surface area contributed by atoms with Crippen LogP contribution in [0.3, 0.4) is 0 Å². The van der Waals surface area contributed by atoms with E-state index >= 15 is 0 Å². The number of anilines is 4. The van der Waals surface area contributed by atoms with E-state index in [1.807, 2.05) is 25.7 Å². The van der Waals surface area contributed by atoms with E-state index in [0.717, 1.165) is 19.3 Å². The Morgan fingerprint density at radius 2 is 2.00 bits per heavy atom. The zero-order valence-electron chi connectivity index (χ0n) is 29.3. The highest BCUT2D eigenvalue weighted by atomic mass is 35.5. The summed E-state index contributed by atoms with van der Waals surface area (Å²) in [6.07, 6.45) is 2.87. The topological polar surface area (TPSA) is 247 Å². The van der Waals surface area contributed by atoms with Gasteiger partial charge in [-0.1, -0.05) is 31.9 Å². The number of nitriles is 2. The number of imidazole rings is 1. The van der Waals surface area contributed by atoms with E-state index in [9.17, 15) is 20.1 Å². The predicted molar refractivity (Wildman–Crippen MR) is 193 cm³/mol. The van der Waals surface area contributed by atoms with Crippen molar-refractivity contribution in [2.45, 2.75) is 70.7 Å². The number of methoxy groups -OCH3 is 1. The highest BCUT2D eigenvalue weighted by Gasteiger charge is 2.37. The lowest BCUT2D eigenvalue weighted by atomic mass is 9.99. The van der Waals surface area contributed by atoms with Gasteiger partial charge in [-0.05, 0) is 50.8 Å². The van der Waals surface area contributed by atoms with Gasteiger partial charge < -0.3 is 47.1 Å². The molecule has 0 aliphatic carbocycles. The fraction of sp³-hybridized carbons (Fsp3) is 0.545. The van der Waals surface area contributed by atoms with Crippen LogP contribution in [0.25, 0.3) is 5.65 Å². The molecule has 1 aromatic carbocycles. The SMILES string of the molecule is CCNc1nc(Nc2cc(C#N)cc(N3CC[C@@H](NC(=O)OC)[C@H](OC(=O)C(NC[C@H](N)CCCCN)C(C)C)C3)c2Cl)nn2c(C#N)cnc12. The molecule has 4 atom stereocenters. The average molecular weight is 724 g/mol. The van der Waals surface area contributed by atoms with Crippen molar-refractivity contribution in [2.24, 2.45) is 17.4 Å². The summed E-state index contributed by atoms with van der Waals surface area (Å²) in [7, 11) is 1.26. The average Bonchev–Trinajstić information content (AvgIpc) is 3.53. The Bertz CT molecular complexity index is 1750. The number of amides is 1. The summed E-state index contributed by atoms with van der Waals surface area (Å²) in [5.41, 5.74) is 13.6. The van der Waals surface area contributed by atoms with Crippen molar-refractivity contribution < 1.29 is 19.1 Å². The van der Waals surface area contributed by atoms with Gasteiger partial charge >= 0.3 is 12.1 Å². The van der Waals surface area contributed by atoms with Crippen LogP contribution in [0.5, 0.6) is 0 Å². The maximum atomic E-state index is 13.7. The minimum Gasteiger partial charge on any atom is -0.457 e. The van der Waals surface area contributed by atoms with Gasteiger partial charge in [-0.25, -0.2) is 9.78 Å². The minimum absolute atomic E-state index is 0.106. The molecular formula is C33H46ClN13O4. The van der Waals surface area contributed by atoms with Gasteiger partial charge in [0.1, 0.15) is 18.2 Å². The first kappa shape index (κ1) is 38.9. The number of nitrogens with two attached hydrogens (primary N) is 2. The second kappa shape index (κ2) is 18.3. The lowest BCUT2D eigenvalue weighted by Crippen LogP contribution is -2.57. The van der Waals surface area contributed by atoms with Crippen LogP contribution in [0, 0.1) is 28.6 Å². The predicted octanol–water partition coefficient (Wildman–Crippen LogP) is 2.61. The fourth-order valence-corrected chi connectivity index (χ4v) is 6.06. The number of nitrogens with zero attached hydrogens (tertiary/aromatic N) is 7. The second-order valence-corrected chi connectivity index (χ2v) is 12.9. The lowest BCUT2D eigenvalue weighted by molar-refractivity contribution is -0.154. The van der Waals surface area contributed by atoms with Crippen LogP contribution < -0.4 is 37.6 Å². The monoisotopic (exact) mass is 723 g/mol. The van der Waals surface area contributed by atoms with Crippen molar-refractivity contribution in [3.8, 4) is 12.1 Å². The molecule has 4 rings (SSSR count). The van der Waals surface area contributed by atoms with Crippen LogP contribution in [-0.2, 0) is 14.3 Å². The summed E-state index contributed by atoms with van der Waals surface area (Å²) in [6, 6.07) is 6.06. The van der Waals surface area contributed by atoms with E-state index in [-0.39, 0.29) is 35.2 Å². The molecule has 1 amide bonds. The first-order chi connectivity index (χ1) is 24.5. The molecule has 3 heterocycles. The van der Waals surface area contributed by atoms with Crippen molar-refractivity contribution in [2.75, 3.05) is 55.4 Å². The third kappa shape index (κ3) is 9.86. The van der Waals surface area contributed by atoms with Crippen molar-refractivity contribution in [3.63, 3.8) is 0 Å². The third-order valence-corrected chi connectivity index (χ3v) is 8.85. The molecule has 0 spiro atoms. The van der Waals surface area contributed by atoms with E-state index in [4.69, 9.17) is 32.5 Å². The Morgan fingerprint density at radius 3 is 2.67 bits per heavy atom. The number of aromatic nitrogens is 4. The number of unbranched alkanes of at least 4 members (excludes halogenated alkanes) is 1. The Balaban J connectivity index is 1.60. The zero-order valence-corrected chi connectivity index (χ0v) is 30.0. The number of carbonyl (C=O) groups is 2. The molecule has 1 saturated heterocycles. The molecule has 274 valence electrons. The standard InChI is InChI=1S/C33H46ClN13O4/c1-5-39-29-30-41-17-22(15-37)47(30)45-32(44-29)42-24-12-20(14-36)13-25(27(24)34)46-11-9-23(43-33(49)50-4)26(18-46)51-31(48)28(19(2)3)40-16-21(38)8-6-7-10-35/h12-13,17,19,21,23,26,28,40H,5-11,16,18,35,38H2,1-4H3,(H,43,49)(H2,39,42,44,45)/t21-,23-,26-,28?/m1/s1. The van der Waals surface area contributed by atoms with Crippen LogP contribution in [0.2, 0.25) is 5.02 Å². The van der Waals surface area contributed by atoms with E-state index in [1.54, 1.807) is 12.1 Å². The van der Waals surface area contributed by atoms with Gasteiger partial charge in [0.05, 0.1) is 53.9 Å². The zero-order chi connectivity index (χ0) is 37.1. The van der Waals surface area contributed by atoms with E-state index in [2.05, 4.69) is 48.5 Å². The number of nitrogens with one attached hydrogen (secondary N) is 4. The number of fused-ring (bicyclic) bond motifs is 1. The molecule has 1 fully saturated rings. The number of hydrogen-bond acceptors (Lipinski definition) is 15. The summed E-state index contributed by atoms with van der Waals surface area (Å²) in [5.74, 6) is -0.0917. The maximum absolute atomic E-state index is 13.7. The van der Waals surface area contributed by atoms with Gasteiger partial charge in [0.2, 0.25) is 5.95 Å². The van der Waals surface area contributed by atoms with E-state index in [1.165, 1.54) is 17.8 Å². The molecule has 0 radical (unpaired) electrons. The van der Waals surface area contributed by atoms with Gasteiger partial charge in [0, 0.05) is 25.7 Å². The molecule has 18 heteroatoms. The second-order valence-electron chi connectivity index (χ2n) is 12.5. The molecular weight excluding hydrogens is 678 g/mol. The quantitative estimate of drug-likeness (QED) is 0.0918. The summed E-state index contributed by atoms with van der Waals surface area (Å²) in [5, 5.41) is 36.5. The highest BCUT2D eigenvalue weighted by Crippen LogP contribution is 2.37. The first-order valence-electron chi connectivity index (χ1n) is 16.9. The van der Waals surface area contributed by atoms with Crippen LogP contribution >= 0.6 is 11.6 Å². The summed E-state index contributed by atoms with van der Waals surface area (Å²) < 4.78 is 12.3. The van der Waals surface area contributed by atoms with Gasteiger partial charge in [-0.15, -0.1) is 5.10 Å². The Hall–Kier alpha value is -4.94. The number of ether oxygens (including phenoxy) is 2. The third-order valence-electron chi connectivity index (χ3n) is 8.46. The van der Waals surface area contributed by atoms with Crippen LogP contribution in [-0.4, -0.2) is 95.7 Å². The highest BCUT2D eigenvalue weighted by molar-refractivity contribution is 6.36. The van der Waals surface area contributed by atoms with Crippen LogP contribution in [0.1, 0.15) is 57.7 Å². The van der Waals surface area contributed by atoms with Crippen LogP contribution in [0.4, 0.5) is 27.9 Å². The van der Waals surface area contributed by atoms with Crippen molar-refractivity contribution in [1.29, 1.82) is 10.5 Å². The molecule has 51 heavy (non-hydrogen) atoms. The van der Waals surface area contributed by atoms with Crippen molar-refractivity contribution in [3.05, 3.63) is 34.6 Å². The normalized spacial score (nSPS) is 16.9. The molecule has 2 aromatic heterocycles. The number of piperidine rings is 1. The Morgan fingerprint density at radius 1 is 1.22 bits per heavy atom. The molecule has 3 aromatic rings. The molecule has 1 unspecified atom stereocenters. The minimum atomic E-state index is -0.802. The number of carbonyl (C=O) groups excluding carboxylic acids is 2. The number of alkyl carbamates (subject to hydrolysis) is 1. The van der Waals surface area contributed by atoms with Gasteiger partial charge in [0.15, 0.2) is 17.2 Å². The van der Waals surface area contributed by atoms with Crippen molar-refractivity contribution >= 4 is 52.5 Å². The summed E-state index contributed by atoms with van der Waals surface area (Å²) >= 11 is 7.00. The number of hydrogen-bond donors (Lipinski definition) is 6. The number of esters is 1. The van der Waals surface area contributed by atoms with Crippen molar-refractivity contribution in [1.82, 2.24) is 30.2 Å². The van der Waals surface area contributed by atoms with Crippen LogP contribution in [0.15, 0.2) is 18.3 Å². The maximum Gasteiger partial charge on any atom is 0.407 e. The van der Waals surface area contributed by atoms with Gasteiger partial charge in [-0.3, -0.25) is 4.79 Å². The van der Waals surface area contributed by atoms with E-state index in [0.29, 0.717) is 61.0 Å². The lowest BCUT2D eigenvalue weighted by Gasteiger charge is -2.40. The fourth-order valence-electron chi connectivity index (χ4n) is 5.79. The van der Waals surface area contributed by atoms with Gasteiger partial charge in [0.25, 0.3) is 0 Å². The Labute approximate surface area is 302 Å². The molecule has 0 bridgehead atoms. The molecule has 1 aliphatic rings. The Kier molecular flexibility index (Phi) is 14.0. The van der Waals surface area contributed by atoms with Gasteiger partial charge in [-0.2, -0.15) is 20.0 Å². The van der Waals surface area contributed by atoms with E-state index < -0.39 is 30.3 Å². The largest absolute Gasteiger partial charge is 0.457 e. The number of benzene rings is 1. The summed E-state index contributed by atoms with van der Waals surface area (Å²) in [6.45, 7) is 7.82.